The number of pyridine rings is 1. The molecule has 0 spiro atoms. The molecule has 17 heavy (non-hydrogen) atoms. The lowest BCUT2D eigenvalue weighted by atomic mass is 10.1. The lowest BCUT2D eigenvalue weighted by Crippen LogP contribution is -2.21. The second-order valence-corrected chi connectivity index (χ2v) is 4.30. The van der Waals surface area contributed by atoms with Gasteiger partial charge < -0.3 is 9.73 Å². The zero-order chi connectivity index (χ0) is 12.3. The quantitative estimate of drug-likeness (QED) is 0.905. The molecule has 0 saturated heterocycles. The smallest absolute Gasteiger partial charge is 0.193 e. The fraction of sp³-hybridized carbons (Fsp3) is 0.308. The molecule has 0 radical (unpaired) electrons. The topological polar surface area (TPSA) is 38.1 Å². The molecular formula is C13H15ClN2O. The van der Waals surface area contributed by atoms with Crippen LogP contribution in [0.4, 0.5) is 0 Å². The molecule has 2 aromatic rings. The number of nitrogens with one attached hydrogen (secondary N) is 1. The van der Waals surface area contributed by atoms with Gasteiger partial charge in [-0.1, -0.05) is 13.0 Å². The van der Waals surface area contributed by atoms with Crippen LogP contribution in [0.2, 0.25) is 5.22 Å². The molecule has 0 aliphatic rings. The monoisotopic (exact) mass is 250 g/mol. The van der Waals surface area contributed by atoms with Crippen molar-refractivity contribution in [3.8, 4) is 0 Å². The van der Waals surface area contributed by atoms with Gasteiger partial charge in [0, 0.05) is 12.4 Å². The zero-order valence-electron chi connectivity index (χ0n) is 9.90. The van der Waals surface area contributed by atoms with Gasteiger partial charge in [-0.05, 0) is 48.3 Å². The van der Waals surface area contributed by atoms with Crippen LogP contribution in [-0.2, 0) is 0 Å². The summed E-state index contributed by atoms with van der Waals surface area (Å²) in [4.78, 5) is 4.21. The maximum absolute atomic E-state index is 5.81. The van der Waals surface area contributed by atoms with E-state index in [1.807, 2.05) is 25.4 Å². The van der Waals surface area contributed by atoms with Gasteiger partial charge in [-0.3, -0.25) is 4.98 Å². The van der Waals surface area contributed by atoms with E-state index in [9.17, 15) is 0 Å². The largest absolute Gasteiger partial charge is 0.448 e. The fourth-order valence-corrected chi connectivity index (χ4v) is 1.96. The van der Waals surface area contributed by atoms with Crippen molar-refractivity contribution in [2.75, 3.05) is 6.54 Å². The average Bonchev–Trinajstić information content (AvgIpc) is 2.72. The van der Waals surface area contributed by atoms with Crippen LogP contribution in [0.5, 0.6) is 0 Å². The summed E-state index contributed by atoms with van der Waals surface area (Å²) >= 11 is 5.81. The predicted molar refractivity (Wildman–Crippen MR) is 68.2 cm³/mol. The molecule has 3 nitrogen and oxygen atoms in total. The first-order chi connectivity index (χ1) is 8.20. The summed E-state index contributed by atoms with van der Waals surface area (Å²) in [6, 6.07) is 5.74. The third-order valence-corrected chi connectivity index (χ3v) is 2.72. The van der Waals surface area contributed by atoms with Crippen LogP contribution in [0.1, 0.15) is 29.9 Å². The van der Waals surface area contributed by atoms with E-state index in [2.05, 4.69) is 23.3 Å². The van der Waals surface area contributed by atoms with E-state index in [4.69, 9.17) is 16.0 Å². The predicted octanol–water partition coefficient (Wildman–Crippen LogP) is 3.34. The van der Waals surface area contributed by atoms with Gasteiger partial charge in [0.25, 0.3) is 0 Å². The minimum atomic E-state index is -0.0000926. The van der Waals surface area contributed by atoms with Crippen LogP contribution >= 0.6 is 11.6 Å². The number of halogens is 1. The maximum atomic E-state index is 5.81. The molecule has 0 fully saturated rings. The standard InChI is InChI=1S/C13H15ClN2O/c1-3-16-13(11-4-5-12(14)17-11)10-6-9(2)7-15-8-10/h4-8,13,16H,3H2,1-2H3. The Bertz CT molecular complexity index is 496. The molecule has 4 heteroatoms. The van der Waals surface area contributed by atoms with Crippen molar-refractivity contribution in [1.82, 2.24) is 10.3 Å². The normalized spacial score (nSPS) is 12.6. The molecule has 2 rings (SSSR count). The van der Waals surface area contributed by atoms with Crippen molar-refractivity contribution in [2.45, 2.75) is 19.9 Å². The fourth-order valence-electron chi connectivity index (χ4n) is 1.81. The highest BCUT2D eigenvalue weighted by atomic mass is 35.5. The van der Waals surface area contributed by atoms with Gasteiger partial charge in [0.1, 0.15) is 5.76 Å². The third kappa shape index (κ3) is 2.87. The Balaban J connectivity index is 2.35. The van der Waals surface area contributed by atoms with E-state index in [0.29, 0.717) is 5.22 Å². The maximum Gasteiger partial charge on any atom is 0.193 e. The molecule has 0 amide bonds. The summed E-state index contributed by atoms with van der Waals surface area (Å²) in [6.07, 6.45) is 3.68. The van der Waals surface area contributed by atoms with Crippen LogP contribution in [0, 0.1) is 6.92 Å². The van der Waals surface area contributed by atoms with Crippen molar-refractivity contribution < 1.29 is 4.42 Å². The molecule has 0 aromatic carbocycles. The van der Waals surface area contributed by atoms with Crippen LogP contribution in [-0.4, -0.2) is 11.5 Å². The summed E-state index contributed by atoms with van der Waals surface area (Å²) < 4.78 is 5.47. The molecule has 0 bridgehead atoms. The molecule has 1 unspecified atom stereocenters. The molecule has 90 valence electrons. The first kappa shape index (κ1) is 12.1. The van der Waals surface area contributed by atoms with E-state index < -0.39 is 0 Å². The second-order valence-electron chi connectivity index (χ2n) is 3.93. The lowest BCUT2D eigenvalue weighted by Gasteiger charge is -2.15. The molecule has 1 N–H and O–H groups in total. The summed E-state index contributed by atoms with van der Waals surface area (Å²) in [7, 11) is 0. The highest BCUT2D eigenvalue weighted by Gasteiger charge is 2.17. The highest BCUT2D eigenvalue weighted by molar-refractivity contribution is 6.28. The second kappa shape index (κ2) is 5.34. The van der Waals surface area contributed by atoms with Gasteiger partial charge in [-0.15, -0.1) is 0 Å². The zero-order valence-corrected chi connectivity index (χ0v) is 10.7. The molecular weight excluding hydrogens is 236 g/mol. The Labute approximate surface area is 106 Å². The van der Waals surface area contributed by atoms with E-state index in [1.54, 1.807) is 6.07 Å². The molecule has 2 aromatic heterocycles. The van der Waals surface area contributed by atoms with E-state index >= 15 is 0 Å². The highest BCUT2D eigenvalue weighted by Crippen LogP contribution is 2.25. The van der Waals surface area contributed by atoms with Crippen molar-refractivity contribution >= 4 is 11.6 Å². The van der Waals surface area contributed by atoms with Gasteiger partial charge >= 0.3 is 0 Å². The lowest BCUT2D eigenvalue weighted by molar-refractivity contribution is 0.453. The van der Waals surface area contributed by atoms with Crippen LogP contribution in [0.15, 0.2) is 35.0 Å². The summed E-state index contributed by atoms with van der Waals surface area (Å²) in [5.74, 6) is 0.809. The molecule has 2 heterocycles. The van der Waals surface area contributed by atoms with Gasteiger partial charge in [-0.2, -0.15) is 0 Å². The van der Waals surface area contributed by atoms with Gasteiger partial charge in [0.2, 0.25) is 0 Å². The van der Waals surface area contributed by atoms with Crippen LogP contribution in [0.3, 0.4) is 0 Å². The molecule has 0 saturated carbocycles. The van der Waals surface area contributed by atoms with Gasteiger partial charge in [-0.25, -0.2) is 0 Å². The summed E-state index contributed by atoms with van der Waals surface area (Å²) in [6.45, 7) is 4.92. The Kier molecular flexibility index (Phi) is 3.82. The first-order valence-corrected chi connectivity index (χ1v) is 5.98. The Morgan fingerprint density at radius 1 is 1.41 bits per heavy atom. The van der Waals surface area contributed by atoms with Gasteiger partial charge in [0.05, 0.1) is 6.04 Å². The van der Waals surface area contributed by atoms with Crippen molar-refractivity contribution in [2.24, 2.45) is 0 Å². The number of hydrogen-bond donors (Lipinski definition) is 1. The van der Waals surface area contributed by atoms with Crippen LogP contribution in [0.25, 0.3) is 0 Å². The Morgan fingerprint density at radius 3 is 2.82 bits per heavy atom. The Hall–Kier alpha value is -1.32. The third-order valence-electron chi connectivity index (χ3n) is 2.52. The summed E-state index contributed by atoms with van der Waals surface area (Å²) in [5.41, 5.74) is 2.21. The number of furan rings is 1. The number of aryl methyl sites for hydroxylation is 1. The van der Waals surface area contributed by atoms with E-state index in [-0.39, 0.29) is 6.04 Å². The average molecular weight is 251 g/mol. The number of rotatable bonds is 4. The van der Waals surface area contributed by atoms with E-state index in [0.717, 1.165) is 23.4 Å². The molecule has 0 aliphatic carbocycles. The van der Waals surface area contributed by atoms with E-state index in [1.165, 1.54) is 0 Å². The van der Waals surface area contributed by atoms with Crippen molar-refractivity contribution in [3.63, 3.8) is 0 Å². The SMILES string of the molecule is CCNC(c1cncc(C)c1)c1ccc(Cl)o1. The van der Waals surface area contributed by atoms with Crippen molar-refractivity contribution in [3.05, 3.63) is 52.7 Å². The minimum Gasteiger partial charge on any atom is -0.448 e. The van der Waals surface area contributed by atoms with Crippen molar-refractivity contribution in [1.29, 1.82) is 0 Å². The van der Waals surface area contributed by atoms with Gasteiger partial charge in [0.15, 0.2) is 5.22 Å². The minimum absolute atomic E-state index is 0.0000926. The Morgan fingerprint density at radius 2 is 2.24 bits per heavy atom. The number of hydrogen-bond acceptors (Lipinski definition) is 3. The number of aromatic nitrogens is 1. The number of nitrogens with zero attached hydrogens (tertiary/aromatic N) is 1. The first-order valence-electron chi connectivity index (χ1n) is 5.61. The van der Waals surface area contributed by atoms with Crippen LogP contribution < -0.4 is 5.32 Å². The summed E-state index contributed by atoms with van der Waals surface area (Å²) in [5, 5.41) is 3.77. The molecule has 1 atom stereocenters. The molecule has 0 aliphatic heterocycles.